The largest absolute Gasteiger partial charge is 0.481 e. The number of aliphatic carboxylic acids is 1. The predicted octanol–water partition coefficient (Wildman–Crippen LogP) is 2.18. The van der Waals surface area contributed by atoms with E-state index >= 15 is 0 Å². The van der Waals surface area contributed by atoms with Crippen molar-refractivity contribution in [2.24, 2.45) is 0 Å². The molecule has 2 aromatic rings. The maximum Gasteiger partial charge on any atom is 0.305 e. The van der Waals surface area contributed by atoms with Crippen molar-refractivity contribution in [2.75, 3.05) is 0 Å². The van der Waals surface area contributed by atoms with Gasteiger partial charge in [-0.3, -0.25) is 4.79 Å². The fraction of sp³-hybridized carbons (Fsp3) is 0.182. The summed E-state index contributed by atoms with van der Waals surface area (Å²) < 4.78 is 37.9. The van der Waals surface area contributed by atoms with Gasteiger partial charge in [0.25, 0.3) is 9.05 Å². The third-order valence-electron chi connectivity index (χ3n) is 2.65. The Bertz CT molecular complexity index is 753. The van der Waals surface area contributed by atoms with Crippen molar-refractivity contribution in [2.45, 2.75) is 17.9 Å². The van der Waals surface area contributed by atoms with Crippen molar-refractivity contribution in [3.05, 3.63) is 30.2 Å². The van der Waals surface area contributed by atoms with Crippen LogP contribution in [0.3, 0.4) is 0 Å². The van der Waals surface area contributed by atoms with Crippen LogP contribution >= 0.6 is 10.7 Å². The van der Waals surface area contributed by atoms with Crippen LogP contribution < -0.4 is 0 Å². The summed E-state index contributed by atoms with van der Waals surface area (Å²) in [6, 6.07) is 4.04. The lowest BCUT2D eigenvalue weighted by atomic mass is 10.2. The standard InChI is InChI=1S/C11H9ClFNO4S/c12-19(17,18)9-6-14(5-4-10(15)16)8-3-1-2-7(13)11(8)9/h1-3,6H,4-5H2,(H,15,16). The average Bonchev–Trinajstić information content (AvgIpc) is 2.66. The number of carbonyl (C=O) groups is 1. The van der Waals surface area contributed by atoms with Gasteiger partial charge in [0.15, 0.2) is 0 Å². The Morgan fingerprint density at radius 2 is 2.11 bits per heavy atom. The summed E-state index contributed by atoms with van der Waals surface area (Å²) >= 11 is 0. The fourth-order valence-corrected chi connectivity index (χ4v) is 2.91. The van der Waals surface area contributed by atoms with Crippen molar-refractivity contribution >= 4 is 36.6 Å². The van der Waals surface area contributed by atoms with Gasteiger partial charge in [-0.1, -0.05) is 6.07 Å². The van der Waals surface area contributed by atoms with Crippen molar-refractivity contribution in [1.29, 1.82) is 0 Å². The van der Waals surface area contributed by atoms with Crippen LogP contribution in [0.15, 0.2) is 29.3 Å². The van der Waals surface area contributed by atoms with Crippen LogP contribution in [-0.4, -0.2) is 24.1 Å². The van der Waals surface area contributed by atoms with E-state index in [4.69, 9.17) is 15.8 Å². The molecule has 0 radical (unpaired) electrons. The summed E-state index contributed by atoms with van der Waals surface area (Å²) in [4.78, 5) is 10.2. The molecule has 0 fully saturated rings. The molecule has 0 spiro atoms. The lowest BCUT2D eigenvalue weighted by molar-refractivity contribution is -0.137. The Morgan fingerprint density at radius 1 is 1.42 bits per heavy atom. The molecule has 1 heterocycles. The number of halogens is 2. The van der Waals surface area contributed by atoms with Crippen LogP contribution in [-0.2, 0) is 20.4 Å². The van der Waals surface area contributed by atoms with Gasteiger partial charge in [0.2, 0.25) is 0 Å². The van der Waals surface area contributed by atoms with E-state index in [9.17, 15) is 17.6 Å². The van der Waals surface area contributed by atoms with Crippen LogP contribution in [0.5, 0.6) is 0 Å². The van der Waals surface area contributed by atoms with Crippen molar-refractivity contribution in [3.8, 4) is 0 Å². The van der Waals surface area contributed by atoms with Crippen LogP contribution in [0.2, 0.25) is 0 Å². The molecular formula is C11H9ClFNO4S. The topological polar surface area (TPSA) is 76.4 Å². The Labute approximate surface area is 112 Å². The van der Waals surface area contributed by atoms with Gasteiger partial charge in [-0.25, -0.2) is 12.8 Å². The second-order valence-electron chi connectivity index (χ2n) is 3.90. The van der Waals surface area contributed by atoms with Gasteiger partial charge < -0.3 is 9.67 Å². The van der Waals surface area contributed by atoms with Crippen molar-refractivity contribution in [1.82, 2.24) is 4.57 Å². The molecule has 1 aromatic carbocycles. The van der Waals surface area contributed by atoms with Crippen molar-refractivity contribution < 1.29 is 22.7 Å². The summed E-state index contributed by atoms with van der Waals surface area (Å²) in [7, 11) is 1.16. The first-order valence-corrected chi connectivity index (χ1v) is 7.55. The molecule has 2 rings (SSSR count). The van der Waals surface area contributed by atoms with Gasteiger partial charge in [-0.05, 0) is 12.1 Å². The molecule has 1 N–H and O–H groups in total. The number of carboxylic acid groups (broad SMARTS) is 1. The molecule has 0 aliphatic heterocycles. The predicted molar refractivity (Wildman–Crippen MR) is 67.2 cm³/mol. The molecule has 1 aromatic heterocycles. The highest BCUT2D eigenvalue weighted by Crippen LogP contribution is 2.30. The molecule has 0 amide bonds. The molecule has 5 nitrogen and oxygen atoms in total. The molecule has 8 heteroatoms. The minimum Gasteiger partial charge on any atom is -0.481 e. The van der Waals surface area contributed by atoms with E-state index in [-0.39, 0.29) is 23.2 Å². The quantitative estimate of drug-likeness (QED) is 0.878. The molecule has 0 saturated carbocycles. The second-order valence-corrected chi connectivity index (χ2v) is 6.44. The highest BCUT2D eigenvalue weighted by molar-refractivity contribution is 8.14. The van der Waals surface area contributed by atoms with E-state index < -0.39 is 20.8 Å². The molecule has 0 atom stereocenters. The van der Waals surface area contributed by atoms with Gasteiger partial charge in [-0.2, -0.15) is 0 Å². The lowest BCUT2D eigenvalue weighted by Crippen LogP contribution is -2.03. The number of aryl methyl sites for hydroxylation is 1. The first-order chi connectivity index (χ1) is 8.80. The van der Waals surface area contributed by atoms with Gasteiger partial charge >= 0.3 is 5.97 Å². The normalized spacial score (nSPS) is 11.9. The Hall–Kier alpha value is -1.60. The van der Waals surface area contributed by atoms with Crippen LogP contribution in [0.4, 0.5) is 4.39 Å². The zero-order valence-electron chi connectivity index (χ0n) is 9.51. The summed E-state index contributed by atoms with van der Waals surface area (Å²) in [5.41, 5.74) is 0.292. The highest BCUT2D eigenvalue weighted by atomic mass is 35.7. The summed E-state index contributed by atoms with van der Waals surface area (Å²) in [6.45, 7) is 0.0295. The van der Waals surface area contributed by atoms with Gasteiger partial charge in [0.05, 0.1) is 17.3 Å². The minimum absolute atomic E-state index is 0.0295. The molecular weight excluding hydrogens is 297 g/mol. The molecule has 0 aliphatic rings. The fourth-order valence-electron chi connectivity index (χ4n) is 1.86. The van der Waals surface area contributed by atoms with Crippen LogP contribution in [0.1, 0.15) is 6.42 Å². The number of benzene rings is 1. The van der Waals surface area contributed by atoms with E-state index in [1.54, 1.807) is 0 Å². The first kappa shape index (κ1) is 13.8. The smallest absolute Gasteiger partial charge is 0.305 e. The van der Waals surface area contributed by atoms with Crippen molar-refractivity contribution in [3.63, 3.8) is 0 Å². The molecule has 0 aliphatic carbocycles. The van der Waals surface area contributed by atoms with E-state index in [0.717, 1.165) is 12.3 Å². The van der Waals surface area contributed by atoms with Crippen LogP contribution in [0.25, 0.3) is 10.9 Å². The van der Waals surface area contributed by atoms with E-state index in [1.165, 1.54) is 16.7 Å². The van der Waals surface area contributed by atoms with Gasteiger partial charge in [-0.15, -0.1) is 0 Å². The summed E-state index contributed by atoms with van der Waals surface area (Å²) in [6.07, 6.45) is 0.946. The number of carboxylic acids is 1. The average molecular weight is 306 g/mol. The zero-order valence-corrected chi connectivity index (χ0v) is 11.1. The molecule has 102 valence electrons. The zero-order chi connectivity index (χ0) is 14.2. The minimum atomic E-state index is -4.11. The molecule has 0 bridgehead atoms. The maximum atomic E-state index is 13.7. The number of aromatic nitrogens is 1. The van der Waals surface area contributed by atoms with Gasteiger partial charge in [0.1, 0.15) is 10.7 Å². The number of rotatable bonds is 4. The van der Waals surface area contributed by atoms with E-state index in [1.807, 2.05) is 0 Å². The maximum absolute atomic E-state index is 13.7. The summed E-state index contributed by atoms with van der Waals surface area (Å²) in [5, 5.41) is 8.51. The Kier molecular flexibility index (Phi) is 3.51. The molecule has 0 unspecified atom stereocenters. The lowest BCUT2D eigenvalue weighted by Gasteiger charge is -2.02. The first-order valence-electron chi connectivity index (χ1n) is 5.24. The third kappa shape index (κ3) is 2.71. The number of hydrogen-bond acceptors (Lipinski definition) is 3. The molecule has 19 heavy (non-hydrogen) atoms. The van der Waals surface area contributed by atoms with E-state index in [0.29, 0.717) is 5.52 Å². The molecule has 0 saturated heterocycles. The summed E-state index contributed by atoms with van der Waals surface area (Å²) in [5.74, 6) is -1.75. The van der Waals surface area contributed by atoms with E-state index in [2.05, 4.69) is 0 Å². The highest BCUT2D eigenvalue weighted by Gasteiger charge is 2.21. The van der Waals surface area contributed by atoms with Gasteiger partial charge in [0, 0.05) is 23.4 Å². The van der Waals surface area contributed by atoms with Crippen LogP contribution in [0, 0.1) is 5.82 Å². The number of fused-ring (bicyclic) bond motifs is 1. The monoisotopic (exact) mass is 305 g/mol. The Balaban J connectivity index is 2.67. The number of hydrogen-bond donors (Lipinski definition) is 1. The second kappa shape index (κ2) is 4.82. The number of nitrogens with zero attached hydrogens (tertiary/aromatic N) is 1. The third-order valence-corrected chi connectivity index (χ3v) is 3.98. The Morgan fingerprint density at radius 3 is 2.68 bits per heavy atom. The SMILES string of the molecule is O=C(O)CCn1cc(S(=O)(=O)Cl)c2c(F)cccc21.